The predicted molar refractivity (Wildman–Crippen MR) is 73.6 cm³/mol. The molecule has 1 N–H and O–H groups in total. The van der Waals surface area contributed by atoms with Crippen LogP contribution in [0.25, 0.3) is 0 Å². The molecule has 0 spiro atoms. The summed E-state index contributed by atoms with van der Waals surface area (Å²) in [5.41, 5.74) is 0.0820. The van der Waals surface area contributed by atoms with Gasteiger partial charge < -0.3 is 9.84 Å². The Hall–Kier alpha value is -1.29. The summed E-state index contributed by atoms with van der Waals surface area (Å²) in [5.74, 6) is -0.0218. The third-order valence-electron chi connectivity index (χ3n) is 2.57. The molecule has 0 radical (unpaired) electrons. The van der Waals surface area contributed by atoms with Gasteiger partial charge >= 0.3 is 0 Å². The minimum atomic E-state index is -0.992. The van der Waals surface area contributed by atoms with E-state index in [0.29, 0.717) is 10.8 Å². The minimum absolute atomic E-state index is 0.0820. The fourth-order valence-corrected chi connectivity index (χ4v) is 2.02. The van der Waals surface area contributed by atoms with Crippen LogP contribution >= 0.6 is 23.2 Å². The Morgan fingerprint density at radius 1 is 1.11 bits per heavy atom. The van der Waals surface area contributed by atoms with Gasteiger partial charge in [0.05, 0.1) is 16.7 Å². The molecule has 0 bridgehead atoms. The summed E-state index contributed by atoms with van der Waals surface area (Å²) in [6, 6.07) is 9.22. The number of aliphatic hydroxyl groups is 1. The Balaban J connectivity index is 2.44. The summed E-state index contributed by atoms with van der Waals surface area (Å²) in [7, 11) is 0. The molecule has 2 aromatic carbocycles. The van der Waals surface area contributed by atoms with E-state index in [9.17, 15) is 9.50 Å². The average molecular weight is 301 g/mol. The van der Waals surface area contributed by atoms with Crippen LogP contribution in [0.3, 0.4) is 0 Å². The molecule has 2 nitrogen and oxygen atoms in total. The highest BCUT2D eigenvalue weighted by Crippen LogP contribution is 2.37. The van der Waals surface area contributed by atoms with Gasteiger partial charge in [-0.1, -0.05) is 35.3 Å². The van der Waals surface area contributed by atoms with E-state index < -0.39 is 11.9 Å². The zero-order valence-corrected chi connectivity index (χ0v) is 11.5. The van der Waals surface area contributed by atoms with Gasteiger partial charge in [-0.15, -0.1) is 0 Å². The standard InChI is InChI=1S/C14H11Cl2FO2/c1-8(18)13-10(17)5-3-6-11(13)19-12-7-2-4-9(15)14(12)16/h2-8,18H,1H3/t8-/m1/s1. The van der Waals surface area contributed by atoms with Crippen LogP contribution in [0.5, 0.6) is 11.5 Å². The number of ether oxygens (including phenoxy) is 1. The molecular weight excluding hydrogens is 290 g/mol. The molecule has 0 fully saturated rings. The summed E-state index contributed by atoms with van der Waals surface area (Å²) < 4.78 is 19.2. The van der Waals surface area contributed by atoms with Crippen LogP contribution in [-0.2, 0) is 0 Å². The van der Waals surface area contributed by atoms with E-state index in [2.05, 4.69) is 0 Å². The van der Waals surface area contributed by atoms with Crippen LogP contribution in [0.2, 0.25) is 10.0 Å². The monoisotopic (exact) mass is 300 g/mol. The first-order valence-electron chi connectivity index (χ1n) is 5.59. The Kier molecular flexibility index (Phi) is 4.30. The Morgan fingerprint density at radius 2 is 1.74 bits per heavy atom. The second kappa shape index (κ2) is 5.78. The van der Waals surface area contributed by atoms with Crippen LogP contribution in [0.1, 0.15) is 18.6 Å². The highest BCUT2D eigenvalue weighted by molar-refractivity contribution is 6.42. The quantitative estimate of drug-likeness (QED) is 0.866. The Morgan fingerprint density at radius 3 is 2.42 bits per heavy atom. The number of hydrogen-bond donors (Lipinski definition) is 1. The average Bonchev–Trinajstić information content (AvgIpc) is 2.34. The minimum Gasteiger partial charge on any atom is -0.455 e. The first-order chi connectivity index (χ1) is 9.00. The summed E-state index contributed by atoms with van der Waals surface area (Å²) in [4.78, 5) is 0. The van der Waals surface area contributed by atoms with Gasteiger partial charge in [-0.25, -0.2) is 4.39 Å². The third kappa shape index (κ3) is 3.00. The van der Waals surface area contributed by atoms with Crippen molar-refractivity contribution in [1.29, 1.82) is 0 Å². The van der Waals surface area contributed by atoms with Crippen molar-refractivity contribution in [2.75, 3.05) is 0 Å². The van der Waals surface area contributed by atoms with Gasteiger partial charge in [-0.3, -0.25) is 0 Å². The molecule has 19 heavy (non-hydrogen) atoms. The van der Waals surface area contributed by atoms with Gasteiger partial charge in [-0.2, -0.15) is 0 Å². The van der Waals surface area contributed by atoms with Crippen molar-refractivity contribution in [1.82, 2.24) is 0 Å². The molecule has 0 aromatic heterocycles. The van der Waals surface area contributed by atoms with E-state index in [1.165, 1.54) is 19.1 Å². The van der Waals surface area contributed by atoms with E-state index in [4.69, 9.17) is 27.9 Å². The van der Waals surface area contributed by atoms with E-state index in [1.807, 2.05) is 0 Å². The van der Waals surface area contributed by atoms with Gasteiger partial charge in [0.15, 0.2) is 0 Å². The first-order valence-corrected chi connectivity index (χ1v) is 6.34. The topological polar surface area (TPSA) is 29.5 Å². The van der Waals surface area contributed by atoms with Crippen molar-refractivity contribution in [3.63, 3.8) is 0 Å². The number of rotatable bonds is 3. The second-order valence-corrected chi connectivity index (χ2v) is 4.77. The molecule has 0 aliphatic carbocycles. The molecule has 100 valence electrons. The zero-order chi connectivity index (χ0) is 14.0. The lowest BCUT2D eigenvalue weighted by Crippen LogP contribution is -2.00. The molecule has 0 aliphatic heterocycles. The molecule has 0 saturated heterocycles. The van der Waals surface area contributed by atoms with Gasteiger partial charge in [0.2, 0.25) is 0 Å². The van der Waals surface area contributed by atoms with E-state index in [-0.39, 0.29) is 16.3 Å². The van der Waals surface area contributed by atoms with Crippen molar-refractivity contribution in [3.05, 3.63) is 57.8 Å². The van der Waals surface area contributed by atoms with E-state index in [1.54, 1.807) is 24.3 Å². The SMILES string of the molecule is C[C@@H](O)c1c(F)cccc1Oc1cccc(Cl)c1Cl. The lowest BCUT2D eigenvalue weighted by Gasteiger charge is -2.15. The Bertz CT molecular complexity index is 600. The fourth-order valence-electron chi connectivity index (χ4n) is 1.69. The van der Waals surface area contributed by atoms with E-state index in [0.717, 1.165) is 0 Å². The smallest absolute Gasteiger partial charge is 0.147 e. The highest BCUT2D eigenvalue weighted by atomic mass is 35.5. The maximum absolute atomic E-state index is 13.7. The summed E-state index contributed by atoms with van der Waals surface area (Å²) >= 11 is 11.9. The molecular formula is C14H11Cl2FO2. The third-order valence-corrected chi connectivity index (χ3v) is 3.37. The van der Waals surface area contributed by atoms with Gasteiger partial charge in [0, 0.05) is 0 Å². The van der Waals surface area contributed by atoms with Crippen LogP contribution in [0.4, 0.5) is 4.39 Å². The number of aliphatic hydroxyl groups excluding tert-OH is 1. The second-order valence-electron chi connectivity index (χ2n) is 3.98. The molecule has 2 aromatic rings. The summed E-state index contributed by atoms with van der Waals surface area (Å²) in [6.45, 7) is 1.46. The van der Waals surface area contributed by atoms with Gasteiger partial charge in [-0.05, 0) is 31.2 Å². The molecule has 0 amide bonds. The van der Waals surface area contributed by atoms with Crippen LogP contribution in [-0.4, -0.2) is 5.11 Å². The maximum Gasteiger partial charge on any atom is 0.147 e. The van der Waals surface area contributed by atoms with Crippen LogP contribution < -0.4 is 4.74 Å². The van der Waals surface area contributed by atoms with Gasteiger partial charge in [0.25, 0.3) is 0 Å². The molecule has 0 heterocycles. The highest BCUT2D eigenvalue weighted by Gasteiger charge is 2.16. The molecule has 1 atom stereocenters. The molecule has 0 aliphatic rings. The number of hydrogen-bond acceptors (Lipinski definition) is 2. The molecule has 5 heteroatoms. The first kappa shape index (κ1) is 14.1. The van der Waals surface area contributed by atoms with Crippen molar-refractivity contribution >= 4 is 23.2 Å². The fraction of sp³-hybridized carbons (Fsp3) is 0.143. The van der Waals surface area contributed by atoms with Crippen molar-refractivity contribution < 1.29 is 14.2 Å². The summed E-state index contributed by atoms with van der Waals surface area (Å²) in [5, 5.41) is 10.2. The van der Waals surface area contributed by atoms with Crippen LogP contribution in [0, 0.1) is 5.82 Å². The van der Waals surface area contributed by atoms with Crippen molar-refractivity contribution in [2.45, 2.75) is 13.0 Å². The van der Waals surface area contributed by atoms with Gasteiger partial charge in [0.1, 0.15) is 22.3 Å². The number of halogens is 3. The van der Waals surface area contributed by atoms with E-state index >= 15 is 0 Å². The van der Waals surface area contributed by atoms with Crippen LogP contribution in [0.15, 0.2) is 36.4 Å². The molecule has 0 saturated carbocycles. The number of benzene rings is 2. The predicted octanol–water partition coefficient (Wildman–Crippen LogP) is 4.98. The van der Waals surface area contributed by atoms with Crippen molar-refractivity contribution in [3.8, 4) is 11.5 Å². The van der Waals surface area contributed by atoms with Crippen molar-refractivity contribution in [2.24, 2.45) is 0 Å². The largest absolute Gasteiger partial charge is 0.455 e. The lowest BCUT2D eigenvalue weighted by atomic mass is 10.1. The zero-order valence-electron chi connectivity index (χ0n) is 10.0. The molecule has 2 rings (SSSR count). The maximum atomic E-state index is 13.7. The normalized spacial score (nSPS) is 12.3. The lowest BCUT2D eigenvalue weighted by molar-refractivity contribution is 0.190. The summed E-state index contributed by atoms with van der Waals surface area (Å²) in [6.07, 6.45) is -0.992. The molecule has 0 unspecified atom stereocenters. The Labute approximate surface area is 120 Å².